The first-order valence-corrected chi connectivity index (χ1v) is 21.3. The minimum Gasteiger partial charge on any atom is -0.481 e. The molecule has 310 valence electrons. The number of nitrogens with one attached hydrogen (secondary N) is 1. The van der Waals surface area contributed by atoms with E-state index in [1.54, 1.807) is 38.2 Å². The number of hydrogen-bond donors (Lipinski definition) is 3. The van der Waals surface area contributed by atoms with Crippen LogP contribution in [-0.4, -0.2) is 76.1 Å². The van der Waals surface area contributed by atoms with Crippen LogP contribution in [0.3, 0.4) is 0 Å². The molecule has 9 atom stereocenters. The Morgan fingerprint density at radius 3 is 2.34 bits per heavy atom. The quantitative estimate of drug-likeness (QED) is 0.185. The molecule has 1 aromatic heterocycles. The molecule has 0 spiro atoms. The first kappa shape index (κ1) is 42.5. The SMILES string of the molecule is CNCC(=O)N(Cc1cccnc1)C[C@H](O)[C@@]12CC[C@]3(C)[C@H](CC[C@@H]4[C@@]5(C)CC[C@H](OC(=O)CC(C)(C)C(=O)O)C(C)(C)[C@@H]5CC[C@]43C)C1=C(C(C)C)C(=O)C2. The number of carbonyl (C=O) groups is 4. The second kappa shape index (κ2) is 14.9. The number of hydrogen-bond acceptors (Lipinski definition) is 8. The van der Waals surface area contributed by atoms with Crippen LogP contribution in [0.5, 0.6) is 0 Å². The number of aliphatic hydroxyl groups excluding tert-OH is 1. The zero-order chi connectivity index (χ0) is 41.2. The molecule has 1 heterocycles. The second-order valence-corrected chi connectivity index (χ2v) is 20.7. The Labute approximate surface area is 335 Å². The average molecular weight is 776 g/mol. The fraction of sp³-hybridized carbons (Fsp3) is 0.761. The van der Waals surface area contributed by atoms with Crippen LogP contribution in [0.4, 0.5) is 0 Å². The number of nitrogens with zero attached hydrogens (tertiary/aromatic N) is 2. The lowest BCUT2D eigenvalue weighted by atomic mass is 9.33. The Morgan fingerprint density at radius 2 is 1.71 bits per heavy atom. The summed E-state index contributed by atoms with van der Waals surface area (Å²) >= 11 is 0. The number of esters is 1. The van der Waals surface area contributed by atoms with Crippen molar-refractivity contribution in [3.8, 4) is 0 Å². The van der Waals surface area contributed by atoms with Crippen molar-refractivity contribution in [2.24, 2.45) is 56.2 Å². The lowest BCUT2D eigenvalue weighted by molar-refractivity contribution is -0.235. The van der Waals surface area contributed by atoms with Gasteiger partial charge in [0.05, 0.1) is 24.5 Å². The third kappa shape index (κ3) is 6.76. The number of carboxylic acid groups (broad SMARTS) is 1. The monoisotopic (exact) mass is 776 g/mol. The van der Waals surface area contributed by atoms with E-state index in [0.717, 1.165) is 56.1 Å². The van der Waals surface area contributed by atoms with Crippen LogP contribution in [0.1, 0.15) is 132 Å². The number of ketones is 1. The molecule has 0 saturated heterocycles. The van der Waals surface area contributed by atoms with E-state index < -0.39 is 28.9 Å². The topological polar surface area (TPSA) is 146 Å². The molecule has 0 bridgehead atoms. The highest BCUT2D eigenvalue weighted by Crippen LogP contribution is 2.77. The third-order valence-corrected chi connectivity index (χ3v) is 16.7. The first-order valence-electron chi connectivity index (χ1n) is 21.3. The van der Waals surface area contributed by atoms with Crippen molar-refractivity contribution in [1.82, 2.24) is 15.2 Å². The van der Waals surface area contributed by atoms with Crippen LogP contribution in [0.2, 0.25) is 0 Å². The standard InChI is InChI=1S/C46H69N3O7/c1-28(2)38-31(50)22-46(34(51)27-49(36(52)25-47-10)26-29-12-11-21-48-24-29)20-19-44(8)30(39(38)46)13-14-33-43(7)17-16-35(56-37(53)23-41(3,4)40(54)55)42(5,6)32(43)15-18-45(33,44)9/h11-12,21,24,28,30,32-35,47,51H,13-20,22-23,25-27H2,1-10H3,(H,54,55)/t30-,32+,33-,34+,35+,43+,44-,45-,46+/m1/s1. The minimum atomic E-state index is -1.18. The largest absolute Gasteiger partial charge is 0.481 e. The second-order valence-electron chi connectivity index (χ2n) is 20.7. The van der Waals surface area contributed by atoms with Gasteiger partial charge in [-0.15, -0.1) is 0 Å². The maximum absolute atomic E-state index is 14.2. The highest BCUT2D eigenvalue weighted by Gasteiger charge is 2.71. The molecule has 4 saturated carbocycles. The molecule has 56 heavy (non-hydrogen) atoms. The molecule has 1 amide bonds. The summed E-state index contributed by atoms with van der Waals surface area (Å²) in [6.45, 7) is 20.0. The molecular weight excluding hydrogens is 707 g/mol. The number of carboxylic acids is 1. The Morgan fingerprint density at radius 1 is 1.00 bits per heavy atom. The number of aromatic nitrogens is 1. The zero-order valence-electron chi connectivity index (χ0n) is 35.8. The van der Waals surface area contributed by atoms with E-state index >= 15 is 0 Å². The molecule has 1 aromatic rings. The minimum absolute atomic E-state index is 0.0147. The average Bonchev–Trinajstić information content (AvgIpc) is 3.43. The van der Waals surface area contributed by atoms with E-state index in [9.17, 15) is 29.4 Å². The van der Waals surface area contributed by atoms with Crippen LogP contribution in [-0.2, 0) is 30.5 Å². The molecule has 5 aliphatic rings. The van der Waals surface area contributed by atoms with Gasteiger partial charge in [-0.1, -0.05) is 60.1 Å². The molecule has 0 radical (unpaired) electrons. The van der Waals surface area contributed by atoms with Gasteiger partial charge in [0.25, 0.3) is 0 Å². The number of amides is 1. The summed E-state index contributed by atoms with van der Waals surface area (Å²) in [6.07, 6.45) is 9.77. The first-order chi connectivity index (χ1) is 26.1. The van der Waals surface area contributed by atoms with Crippen LogP contribution in [0.15, 0.2) is 35.7 Å². The number of aliphatic carboxylic acids is 1. The molecule has 6 rings (SSSR count). The van der Waals surface area contributed by atoms with E-state index in [0.29, 0.717) is 31.2 Å². The molecular formula is C46H69N3O7. The van der Waals surface area contributed by atoms with Gasteiger partial charge in [-0.25, -0.2) is 0 Å². The van der Waals surface area contributed by atoms with Gasteiger partial charge in [0.2, 0.25) is 5.91 Å². The van der Waals surface area contributed by atoms with Gasteiger partial charge < -0.3 is 25.2 Å². The van der Waals surface area contributed by atoms with Crippen molar-refractivity contribution < 1.29 is 34.1 Å². The molecule has 5 aliphatic carbocycles. The Hall–Kier alpha value is -3.11. The molecule has 0 aromatic carbocycles. The Balaban J connectivity index is 1.30. The summed E-state index contributed by atoms with van der Waals surface area (Å²) in [7, 11) is 1.75. The summed E-state index contributed by atoms with van der Waals surface area (Å²) in [4.78, 5) is 58.7. The van der Waals surface area contributed by atoms with Gasteiger partial charge in [-0.3, -0.25) is 24.2 Å². The molecule has 3 N–H and O–H groups in total. The van der Waals surface area contributed by atoms with Gasteiger partial charge in [0.15, 0.2) is 5.78 Å². The maximum atomic E-state index is 14.2. The van der Waals surface area contributed by atoms with Crippen molar-refractivity contribution in [2.75, 3.05) is 20.1 Å². The van der Waals surface area contributed by atoms with Gasteiger partial charge in [0, 0.05) is 42.7 Å². The molecule has 10 nitrogen and oxygen atoms in total. The van der Waals surface area contributed by atoms with Crippen molar-refractivity contribution in [3.05, 3.63) is 41.2 Å². The number of carbonyl (C=O) groups excluding carboxylic acids is 3. The van der Waals surface area contributed by atoms with E-state index in [2.05, 4.69) is 58.8 Å². The van der Waals surface area contributed by atoms with E-state index in [1.807, 2.05) is 12.1 Å². The fourth-order valence-electron chi connectivity index (χ4n) is 13.5. The normalized spacial score (nSPS) is 35.5. The third-order valence-electron chi connectivity index (χ3n) is 16.7. The molecule has 10 heteroatoms. The lowest BCUT2D eigenvalue weighted by Gasteiger charge is -2.72. The van der Waals surface area contributed by atoms with Crippen LogP contribution in [0, 0.1) is 56.2 Å². The Kier molecular flexibility index (Phi) is 11.3. The van der Waals surface area contributed by atoms with E-state index in [4.69, 9.17) is 4.74 Å². The number of fused-ring (bicyclic) bond motifs is 7. The van der Waals surface area contributed by atoms with E-state index in [1.165, 1.54) is 5.57 Å². The highest BCUT2D eigenvalue weighted by molar-refractivity contribution is 6.00. The number of rotatable bonds is 12. The Bertz CT molecular complexity index is 1740. The van der Waals surface area contributed by atoms with Gasteiger partial charge in [-0.2, -0.15) is 0 Å². The molecule has 0 aliphatic heterocycles. The summed E-state index contributed by atoms with van der Waals surface area (Å²) in [5.41, 5.74) is 0.729. The maximum Gasteiger partial charge on any atom is 0.309 e. The number of likely N-dealkylation sites (N-methyl/N-ethyl adjacent to an activating group) is 1. The predicted molar refractivity (Wildman–Crippen MR) is 215 cm³/mol. The summed E-state index contributed by atoms with van der Waals surface area (Å²) in [5.74, 6) is -0.434. The number of allylic oxidation sites excluding steroid dienone is 1. The van der Waals surface area contributed by atoms with Gasteiger partial charge >= 0.3 is 11.9 Å². The van der Waals surface area contributed by atoms with Crippen LogP contribution >= 0.6 is 0 Å². The van der Waals surface area contributed by atoms with E-state index in [-0.39, 0.29) is 70.8 Å². The zero-order valence-corrected chi connectivity index (χ0v) is 35.8. The van der Waals surface area contributed by atoms with Crippen LogP contribution in [0.25, 0.3) is 0 Å². The number of aliphatic hydroxyl groups is 1. The number of pyridine rings is 1. The van der Waals surface area contributed by atoms with Crippen molar-refractivity contribution in [3.63, 3.8) is 0 Å². The highest BCUT2D eigenvalue weighted by atomic mass is 16.5. The van der Waals surface area contributed by atoms with Crippen molar-refractivity contribution >= 4 is 23.6 Å². The lowest BCUT2D eigenvalue weighted by Crippen LogP contribution is -2.66. The predicted octanol–water partition coefficient (Wildman–Crippen LogP) is 7.38. The van der Waals surface area contributed by atoms with Crippen molar-refractivity contribution in [2.45, 2.75) is 145 Å². The van der Waals surface area contributed by atoms with Crippen LogP contribution < -0.4 is 5.32 Å². The summed E-state index contributed by atoms with van der Waals surface area (Å²) < 4.78 is 6.17. The summed E-state index contributed by atoms with van der Waals surface area (Å²) in [6, 6.07) is 3.80. The number of Topliss-reactive ketones (excluding diaryl/α,β-unsaturated/α-hetero) is 1. The fourth-order valence-corrected chi connectivity index (χ4v) is 13.5. The van der Waals surface area contributed by atoms with Crippen molar-refractivity contribution in [1.29, 1.82) is 0 Å². The van der Waals surface area contributed by atoms with Gasteiger partial charge in [-0.05, 0) is 129 Å². The molecule has 4 fully saturated rings. The number of ether oxygens (including phenoxy) is 1. The van der Waals surface area contributed by atoms with Gasteiger partial charge in [0.1, 0.15) is 6.10 Å². The molecule has 0 unspecified atom stereocenters. The summed E-state index contributed by atoms with van der Waals surface area (Å²) in [5, 5.41) is 25.2. The smallest absolute Gasteiger partial charge is 0.309 e.